The maximum absolute atomic E-state index is 7.34. The molecule has 0 unspecified atom stereocenters. The van der Waals surface area contributed by atoms with Gasteiger partial charge in [0.1, 0.15) is 23.0 Å². The van der Waals surface area contributed by atoms with E-state index in [1.54, 1.807) is 0 Å². The van der Waals surface area contributed by atoms with Crippen molar-refractivity contribution in [2.75, 3.05) is 0 Å². The van der Waals surface area contributed by atoms with Crippen molar-refractivity contribution < 1.29 is 9.47 Å². The molecule has 310 valence electrons. The third-order valence-electron chi connectivity index (χ3n) is 15.5. The first kappa shape index (κ1) is 36.6. The average Bonchev–Trinajstić information content (AvgIpc) is 3.82. The molecule has 0 N–H and O–H groups in total. The molecule has 0 spiro atoms. The fraction of sp³-hybridized carbons (Fsp3) is 0.100. The maximum atomic E-state index is 7.34. The third-order valence-corrected chi connectivity index (χ3v) is 15.5. The lowest BCUT2D eigenvalue weighted by Crippen LogP contribution is -2.62. The van der Waals surface area contributed by atoms with Gasteiger partial charge in [-0.25, -0.2) is 0 Å². The molecule has 0 amide bonds. The first-order chi connectivity index (χ1) is 32.2. The summed E-state index contributed by atoms with van der Waals surface area (Å²) in [5.41, 5.74) is 27.2. The third kappa shape index (κ3) is 4.56. The van der Waals surface area contributed by atoms with Gasteiger partial charge in [0.05, 0.1) is 11.0 Å². The summed E-state index contributed by atoms with van der Waals surface area (Å²) in [5.74, 6) is 3.50. The van der Waals surface area contributed by atoms with Crippen LogP contribution in [0.3, 0.4) is 0 Å². The molecule has 15 rings (SSSR count). The normalized spacial score (nSPS) is 13.5. The fourth-order valence-electron chi connectivity index (χ4n) is 13.4. The second-order valence-electron chi connectivity index (χ2n) is 19.6. The number of ether oxygens (including phenoxy) is 2. The zero-order valence-corrected chi connectivity index (χ0v) is 37.7. The molecule has 66 heavy (non-hydrogen) atoms. The van der Waals surface area contributed by atoms with Crippen LogP contribution in [-0.2, 0) is 0 Å². The topological polar surface area (TPSA) is 28.3 Å². The van der Waals surface area contributed by atoms with E-state index >= 15 is 0 Å². The Morgan fingerprint density at radius 3 is 1.21 bits per heavy atom. The summed E-state index contributed by atoms with van der Waals surface area (Å²) in [6.45, 7) is 13.2. The van der Waals surface area contributed by atoms with Crippen LogP contribution in [0.25, 0.3) is 77.2 Å². The van der Waals surface area contributed by atoms with Gasteiger partial charge in [0, 0.05) is 50.0 Å². The molecule has 4 nitrogen and oxygen atoms in total. The number of rotatable bonds is 2. The van der Waals surface area contributed by atoms with E-state index in [1.807, 2.05) is 0 Å². The maximum Gasteiger partial charge on any atom is 0.256 e. The van der Waals surface area contributed by atoms with Gasteiger partial charge in [0.15, 0.2) is 0 Å². The number of benzene rings is 9. The van der Waals surface area contributed by atoms with E-state index in [1.165, 1.54) is 143 Å². The molecule has 0 saturated heterocycles. The number of aryl methyl sites for hydroxylation is 6. The van der Waals surface area contributed by atoms with Gasteiger partial charge in [-0.15, -0.1) is 0 Å². The zero-order chi connectivity index (χ0) is 44.0. The van der Waals surface area contributed by atoms with Crippen molar-refractivity contribution in [1.82, 2.24) is 9.13 Å². The second kappa shape index (κ2) is 12.6. The predicted octanol–water partition coefficient (Wildman–Crippen LogP) is 10.9. The first-order valence-electron chi connectivity index (χ1n) is 23.3. The van der Waals surface area contributed by atoms with Crippen LogP contribution >= 0.6 is 0 Å². The first-order valence-corrected chi connectivity index (χ1v) is 23.3. The zero-order valence-electron chi connectivity index (χ0n) is 37.7. The van der Waals surface area contributed by atoms with E-state index in [9.17, 15) is 0 Å². The number of fused-ring (bicyclic) bond motifs is 14. The van der Waals surface area contributed by atoms with Crippen molar-refractivity contribution in [2.45, 2.75) is 41.5 Å². The highest BCUT2D eigenvalue weighted by Gasteiger charge is 2.45. The monoisotopic (exact) mass is 844 g/mol. The minimum absolute atomic E-state index is 0.0552. The van der Waals surface area contributed by atoms with E-state index in [2.05, 4.69) is 196 Å². The molecule has 0 radical (unpaired) electrons. The van der Waals surface area contributed by atoms with Crippen LogP contribution in [0.5, 0.6) is 23.0 Å². The van der Waals surface area contributed by atoms with Gasteiger partial charge in [-0.3, -0.25) is 0 Å². The molecule has 0 fully saturated rings. The van der Waals surface area contributed by atoms with Gasteiger partial charge in [0.2, 0.25) is 0 Å². The minimum atomic E-state index is -0.0552. The Morgan fingerprint density at radius 1 is 0.364 bits per heavy atom. The highest BCUT2D eigenvalue weighted by atomic mass is 16.5. The van der Waals surface area contributed by atoms with Crippen LogP contribution in [-0.4, -0.2) is 22.6 Å². The lowest BCUT2D eigenvalue weighted by Gasteiger charge is -2.37. The Bertz CT molecular complexity index is 3790. The largest absolute Gasteiger partial charge is 0.458 e. The van der Waals surface area contributed by atoms with E-state index < -0.39 is 0 Å². The van der Waals surface area contributed by atoms with Gasteiger partial charge >= 0.3 is 0 Å². The molecule has 4 aliphatic rings. The lowest BCUT2D eigenvalue weighted by molar-refractivity contribution is 0.465. The Morgan fingerprint density at radius 2 is 0.773 bits per heavy atom. The molecular formula is C60H42B2N2O2. The lowest BCUT2D eigenvalue weighted by atomic mass is 9.31. The molecule has 0 bridgehead atoms. The van der Waals surface area contributed by atoms with Crippen LogP contribution in [0.1, 0.15) is 33.4 Å². The van der Waals surface area contributed by atoms with Crippen molar-refractivity contribution in [3.8, 4) is 56.6 Å². The Kier molecular flexibility index (Phi) is 6.97. The number of nitrogens with zero attached hydrogens (tertiary/aromatic N) is 2. The fourth-order valence-corrected chi connectivity index (χ4v) is 13.4. The minimum Gasteiger partial charge on any atom is -0.458 e. The molecule has 9 aromatic carbocycles. The van der Waals surface area contributed by atoms with Gasteiger partial charge in [-0.05, 0) is 155 Å². The molecule has 0 aliphatic carbocycles. The Hall–Kier alpha value is -7.69. The van der Waals surface area contributed by atoms with Gasteiger partial charge in [-0.2, -0.15) is 0 Å². The standard InChI is InChI=1S/C60H42B2N2O2/c1-31-21-33(3)55(34(4)22-31)37-25-49-57-53(27-37)65-51-30-52-46(29-45(51)61(57)43-17-11-15-41-39-13-7-9-19-47(39)63(49)59(41)43)62-44-18-12-16-42-40-14-8-10-20-48(40)64(60(42)44)50-26-38(28-54(66-52)58(50)62)56-35(5)23-32(2)24-36(56)6/h7-30H,1-6H3. The van der Waals surface area contributed by atoms with E-state index in [-0.39, 0.29) is 13.4 Å². The summed E-state index contributed by atoms with van der Waals surface area (Å²) < 4.78 is 19.7. The summed E-state index contributed by atoms with van der Waals surface area (Å²) >= 11 is 0. The summed E-state index contributed by atoms with van der Waals surface area (Å²) in [7, 11) is 0. The van der Waals surface area contributed by atoms with Crippen LogP contribution < -0.4 is 42.3 Å². The summed E-state index contributed by atoms with van der Waals surface area (Å²) in [4.78, 5) is 0. The summed E-state index contributed by atoms with van der Waals surface area (Å²) in [6.07, 6.45) is 0. The SMILES string of the molecule is Cc1cc(C)c(-c2cc3c4c(c2)-n2c5ccccc5c5cccc(c52)B4c2cc4c(cc2O3)Oc2cc(-c3c(C)cc(C)cc3C)cc3c2B4c2cccc4c5ccccc5n-3c24)c(C)c1. The molecule has 6 heteroatoms. The number of aromatic nitrogens is 2. The summed E-state index contributed by atoms with van der Waals surface area (Å²) in [6, 6.07) is 54.9. The Balaban J connectivity index is 1.03. The van der Waals surface area contributed by atoms with E-state index in [0.717, 1.165) is 23.0 Å². The average molecular weight is 845 g/mol. The van der Waals surface area contributed by atoms with E-state index in [4.69, 9.17) is 9.47 Å². The highest BCUT2D eigenvalue weighted by Crippen LogP contribution is 2.44. The molecule has 0 saturated carbocycles. The van der Waals surface area contributed by atoms with E-state index in [0.29, 0.717) is 0 Å². The molecule has 11 aromatic rings. The van der Waals surface area contributed by atoms with Crippen LogP contribution in [0.15, 0.2) is 146 Å². The predicted molar refractivity (Wildman–Crippen MR) is 277 cm³/mol. The van der Waals surface area contributed by atoms with Crippen molar-refractivity contribution in [1.29, 1.82) is 0 Å². The van der Waals surface area contributed by atoms with Crippen molar-refractivity contribution in [2.24, 2.45) is 0 Å². The van der Waals surface area contributed by atoms with Crippen molar-refractivity contribution in [3.63, 3.8) is 0 Å². The van der Waals surface area contributed by atoms with Gasteiger partial charge in [0.25, 0.3) is 13.4 Å². The van der Waals surface area contributed by atoms with Gasteiger partial charge < -0.3 is 18.6 Å². The van der Waals surface area contributed by atoms with Crippen molar-refractivity contribution in [3.05, 3.63) is 179 Å². The van der Waals surface area contributed by atoms with Crippen LogP contribution in [0.4, 0.5) is 0 Å². The van der Waals surface area contributed by atoms with Crippen LogP contribution in [0.2, 0.25) is 0 Å². The number of hydrogen-bond donors (Lipinski definition) is 0. The number of hydrogen-bond acceptors (Lipinski definition) is 2. The molecule has 4 aliphatic heterocycles. The molecular weight excluding hydrogens is 802 g/mol. The Labute approximate surface area is 383 Å². The smallest absolute Gasteiger partial charge is 0.256 e. The number of para-hydroxylation sites is 4. The highest BCUT2D eigenvalue weighted by molar-refractivity contribution is 7.02. The quantitative estimate of drug-likeness (QED) is 0.162. The molecule has 2 aromatic heterocycles. The second-order valence-corrected chi connectivity index (χ2v) is 19.6. The summed E-state index contributed by atoms with van der Waals surface area (Å²) in [5, 5.41) is 5.08. The molecule has 6 heterocycles. The van der Waals surface area contributed by atoms with Gasteiger partial charge in [-0.1, -0.05) is 114 Å². The van der Waals surface area contributed by atoms with Crippen molar-refractivity contribution >= 4 is 89.8 Å². The van der Waals surface area contributed by atoms with Crippen LogP contribution in [0, 0.1) is 41.5 Å². The molecule has 0 atom stereocenters.